The van der Waals surface area contributed by atoms with Crippen LogP contribution in [0.25, 0.3) is 0 Å². The Bertz CT molecular complexity index is 65.3. The van der Waals surface area contributed by atoms with Crippen LogP contribution in [0.5, 0.6) is 0 Å². The van der Waals surface area contributed by atoms with Crippen molar-refractivity contribution in [3.8, 4) is 0 Å². The van der Waals surface area contributed by atoms with Crippen LogP contribution in [0, 0.1) is 0 Å². The van der Waals surface area contributed by atoms with Crippen LogP contribution in [0.15, 0.2) is 0 Å². The minimum atomic E-state index is 0.736. The Morgan fingerprint density at radius 2 is 2.11 bits per heavy atom. The molecule has 0 spiro atoms. The summed E-state index contributed by atoms with van der Waals surface area (Å²) in [6.45, 7) is 2.78. The van der Waals surface area contributed by atoms with E-state index in [0.29, 0.717) is 0 Å². The van der Waals surface area contributed by atoms with Crippen molar-refractivity contribution in [1.29, 1.82) is 0 Å². The first kappa shape index (κ1) is 7.03. The van der Waals surface area contributed by atoms with Crippen LogP contribution in [-0.4, -0.2) is 27.1 Å². The maximum atomic E-state index is 5.28. The number of rotatable bonds is 0. The molecule has 1 rings (SSSR count). The predicted molar refractivity (Wildman–Crippen MR) is 36.5 cm³/mol. The topological polar surface area (TPSA) is 11.9 Å². The summed E-state index contributed by atoms with van der Waals surface area (Å²) in [7, 11) is 2.02. The van der Waals surface area contributed by atoms with Crippen molar-refractivity contribution in [3.63, 3.8) is 0 Å². The fourth-order valence-corrected chi connectivity index (χ4v) is 0.989. The minimum absolute atomic E-state index is 0.736. The van der Waals surface area contributed by atoms with Gasteiger partial charge in [0.2, 0.25) is 0 Å². The van der Waals surface area contributed by atoms with Crippen molar-refractivity contribution < 1.29 is 9.10 Å². The van der Waals surface area contributed by atoms with Gasteiger partial charge in [0.05, 0.1) is 6.61 Å². The van der Waals surface area contributed by atoms with Gasteiger partial charge in [-0.3, -0.25) is 0 Å². The van der Waals surface area contributed by atoms with Gasteiger partial charge in [-0.1, -0.05) is 0 Å². The zero-order valence-corrected chi connectivity index (χ0v) is 6.06. The van der Waals surface area contributed by atoms with Crippen LogP contribution in [0.2, 0.25) is 0 Å². The molecule has 0 amide bonds. The van der Waals surface area contributed by atoms with E-state index in [2.05, 4.69) is 4.37 Å². The van der Waals surface area contributed by atoms with Gasteiger partial charge in [-0.05, 0) is 12.8 Å². The largest absolute Gasteiger partial charge is 0.403 e. The number of hydrogen-bond acceptors (Lipinski definition) is 1. The number of ether oxygens (including phenoxy) is 1. The highest BCUT2D eigenvalue weighted by atomic mass is 16.8. The van der Waals surface area contributed by atoms with Crippen LogP contribution in [0.4, 0.5) is 0 Å². The molecule has 0 saturated carbocycles. The molecule has 0 aromatic carbocycles. The van der Waals surface area contributed by atoms with Gasteiger partial charge in [0, 0.05) is 6.42 Å². The molecule has 54 valence electrons. The van der Waals surface area contributed by atoms with Crippen LogP contribution in [0.1, 0.15) is 19.3 Å². The van der Waals surface area contributed by atoms with Crippen molar-refractivity contribution in [1.82, 2.24) is 0 Å². The van der Waals surface area contributed by atoms with Crippen molar-refractivity contribution in [2.45, 2.75) is 19.3 Å². The third kappa shape index (κ3) is 2.82. The highest BCUT2D eigenvalue weighted by Crippen LogP contribution is 2.04. The quantitative estimate of drug-likeness (QED) is 0.451. The van der Waals surface area contributed by atoms with Gasteiger partial charge in [0.15, 0.2) is 0 Å². The third-order valence-electron chi connectivity index (χ3n) is 1.57. The lowest BCUT2D eigenvalue weighted by molar-refractivity contribution is -0.205. The van der Waals surface area contributed by atoms with E-state index < -0.39 is 0 Å². The van der Waals surface area contributed by atoms with E-state index in [1.165, 1.54) is 19.3 Å². The molecule has 1 aliphatic heterocycles. The highest BCUT2D eigenvalue weighted by Gasteiger charge is 2.05. The van der Waals surface area contributed by atoms with Crippen LogP contribution >= 0.6 is 0 Å². The molecule has 0 aromatic rings. The summed E-state index contributed by atoms with van der Waals surface area (Å²) in [6, 6.07) is 0. The van der Waals surface area contributed by atoms with E-state index in [1.807, 2.05) is 7.11 Å². The summed E-state index contributed by atoms with van der Waals surface area (Å²) < 4.78 is 8.21. The molecule has 1 aliphatic rings. The van der Waals surface area contributed by atoms with Crippen molar-refractivity contribution >= 4 is 0 Å². The van der Waals surface area contributed by atoms with E-state index in [1.54, 1.807) is 0 Å². The molecule has 1 heterocycles. The standard InChI is InChI=1S/C7H15O2/c1-9-6-4-2-3-5-8-7-9/h2-7H2,1H3/q+1. The second-order valence-electron chi connectivity index (χ2n) is 2.57. The Labute approximate surface area is 56.5 Å². The molecule has 0 N–H and O–H groups in total. The average Bonchev–Trinajstić information content (AvgIpc) is 1.79. The fourth-order valence-electron chi connectivity index (χ4n) is 0.989. The first-order valence-corrected chi connectivity index (χ1v) is 3.56. The summed E-state index contributed by atoms with van der Waals surface area (Å²) in [5, 5.41) is 0. The molecule has 0 aromatic heterocycles. The number of hydrogen-bond donors (Lipinski definition) is 0. The molecule has 1 fully saturated rings. The predicted octanol–water partition coefficient (Wildman–Crippen LogP) is 1.33. The van der Waals surface area contributed by atoms with Crippen molar-refractivity contribution in [3.05, 3.63) is 0 Å². The Kier molecular flexibility index (Phi) is 3.01. The van der Waals surface area contributed by atoms with Crippen LogP contribution < -0.4 is 0 Å². The SMILES string of the molecule is C[O+]1CCCCCOC1. The summed E-state index contributed by atoms with van der Waals surface area (Å²) >= 11 is 0. The zero-order valence-electron chi connectivity index (χ0n) is 6.06. The summed E-state index contributed by atoms with van der Waals surface area (Å²) in [5.41, 5.74) is 0. The zero-order chi connectivity index (χ0) is 6.53. The maximum absolute atomic E-state index is 5.28. The summed E-state index contributed by atoms with van der Waals surface area (Å²) in [5.74, 6) is 0. The van der Waals surface area contributed by atoms with Gasteiger partial charge in [-0.15, -0.1) is 0 Å². The first-order valence-electron chi connectivity index (χ1n) is 3.56. The molecule has 1 saturated heterocycles. The molecule has 0 radical (unpaired) electrons. The van der Waals surface area contributed by atoms with E-state index in [-0.39, 0.29) is 0 Å². The van der Waals surface area contributed by atoms with E-state index in [9.17, 15) is 0 Å². The fraction of sp³-hybridized carbons (Fsp3) is 1.00. The Morgan fingerprint density at radius 3 is 3.00 bits per heavy atom. The molecule has 0 bridgehead atoms. The second kappa shape index (κ2) is 3.85. The second-order valence-corrected chi connectivity index (χ2v) is 2.57. The Morgan fingerprint density at radius 1 is 1.22 bits per heavy atom. The van der Waals surface area contributed by atoms with E-state index >= 15 is 0 Å². The smallest absolute Gasteiger partial charge is 0.255 e. The van der Waals surface area contributed by atoms with Gasteiger partial charge in [0.1, 0.15) is 13.7 Å². The van der Waals surface area contributed by atoms with Crippen LogP contribution in [0.3, 0.4) is 0 Å². The average molecular weight is 131 g/mol. The molecule has 2 heteroatoms. The van der Waals surface area contributed by atoms with Gasteiger partial charge >= 0.3 is 0 Å². The van der Waals surface area contributed by atoms with Crippen molar-refractivity contribution in [2.24, 2.45) is 0 Å². The molecular formula is C7H15O2+. The maximum Gasteiger partial charge on any atom is 0.255 e. The van der Waals surface area contributed by atoms with E-state index in [4.69, 9.17) is 4.74 Å². The molecule has 9 heavy (non-hydrogen) atoms. The van der Waals surface area contributed by atoms with Crippen molar-refractivity contribution in [2.75, 3.05) is 27.1 Å². The highest BCUT2D eigenvalue weighted by molar-refractivity contribution is 4.43. The van der Waals surface area contributed by atoms with E-state index in [0.717, 1.165) is 20.0 Å². The van der Waals surface area contributed by atoms with Gasteiger partial charge in [-0.25, -0.2) is 0 Å². The summed E-state index contributed by atoms with van der Waals surface area (Å²) in [4.78, 5) is 0. The third-order valence-corrected chi connectivity index (χ3v) is 1.57. The Hall–Kier alpha value is -0.0800. The lowest BCUT2D eigenvalue weighted by Crippen LogP contribution is -2.17. The van der Waals surface area contributed by atoms with Gasteiger partial charge < -0.3 is 9.10 Å². The van der Waals surface area contributed by atoms with Crippen LogP contribution in [-0.2, 0) is 9.10 Å². The van der Waals surface area contributed by atoms with Gasteiger partial charge in [0.25, 0.3) is 6.79 Å². The Balaban J connectivity index is 2.12. The summed E-state index contributed by atoms with van der Waals surface area (Å²) in [6.07, 6.45) is 3.83. The monoisotopic (exact) mass is 131 g/mol. The normalized spacial score (nSPS) is 25.0. The van der Waals surface area contributed by atoms with Gasteiger partial charge in [-0.2, -0.15) is 0 Å². The minimum Gasteiger partial charge on any atom is -0.403 e. The lowest BCUT2D eigenvalue weighted by atomic mass is 10.2. The lowest BCUT2D eigenvalue weighted by Gasteiger charge is -2.16. The molecule has 0 atom stereocenters. The molecule has 0 unspecified atom stereocenters. The first-order chi connectivity index (χ1) is 4.39. The molecular weight excluding hydrogens is 116 g/mol. The molecule has 2 nitrogen and oxygen atoms in total. The molecule has 0 aliphatic carbocycles.